The summed E-state index contributed by atoms with van der Waals surface area (Å²) in [6, 6.07) is 10.8. The summed E-state index contributed by atoms with van der Waals surface area (Å²) in [6.07, 6.45) is 0. The molecule has 0 saturated carbocycles. The number of ether oxygens (including phenoxy) is 1. The van der Waals surface area contributed by atoms with Gasteiger partial charge < -0.3 is 10.5 Å². The van der Waals surface area contributed by atoms with Crippen molar-refractivity contribution in [2.75, 3.05) is 12.8 Å². The first-order valence-corrected chi connectivity index (χ1v) is 5.76. The van der Waals surface area contributed by atoms with E-state index in [1.807, 2.05) is 18.2 Å². The predicted octanol–water partition coefficient (Wildman–Crippen LogP) is 4.25. The molecule has 0 saturated heterocycles. The molecule has 0 radical (unpaired) electrons. The van der Waals surface area contributed by atoms with Gasteiger partial charge >= 0.3 is 0 Å². The molecule has 0 aliphatic carbocycles. The van der Waals surface area contributed by atoms with Gasteiger partial charge in [-0.05, 0) is 30.3 Å². The van der Waals surface area contributed by atoms with Crippen LogP contribution in [0.5, 0.6) is 5.75 Å². The molecule has 0 spiro atoms. The smallest absolute Gasteiger partial charge is 0.120 e. The van der Waals surface area contributed by atoms with Crippen molar-refractivity contribution >= 4 is 28.9 Å². The van der Waals surface area contributed by atoms with Crippen molar-refractivity contribution in [3.63, 3.8) is 0 Å². The summed E-state index contributed by atoms with van der Waals surface area (Å²) in [5, 5.41) is 1.17. The third kappa shape index (κ3) is 2.48. The maximum atomic E-state index is 6.18. The molecule has 0 fully saturated rings. The third-order valence-corrected chi connectivity index (χ3v) is 3.08. The Hall–Kier alpha value is -1.38. The second-order valence-corrected chi connectivity index (χ2v) is 4.40. The molecule has 0 atom stereocenters. The Morgan fingerprint density at radius 3 is 2.06 bits per heavy atom. The van der Waals surface area contributed by atoms with Gasteiger partial charge in [-0.1, -0.05) is 29.3 Å². The van der Waals surface area contributed by atoms with Crippen molar-refractivity contribution in [1.29, 1.82) is 0 Å². The lowest BCUT2D eigenvalue weighted by atomic mass is 10.0. The number of halogens is 2. The lowest BCUT2D eigenvalue weighted by Gasteiger charge is -2.09. The Kier molecular flexibility index (Phi) is 3.46. The summed E-state index contributed by atoms with van der Waals surface area (Å²) in [5.41, 5.74) is 7.99. The quantitative estimate of drug-likeness (QED) is 0.826. The van der Waals surface area contributed by atoms with Gasteiger partial charge in [0.2, 0.25) is 0 Å². The van der Waals surface area contributed by atoms with Gasteiger partial charge in [-0.2, -0.15) is 0 Å². The highest BCUT2D eigenvalue weighted by atomic mass is 35.5. The van der Waals surface area contributed by atoms with Crippen LogP contribution in [0, 0.1) is 0 Å². The number of benzene rings is 2. The fourth-order valence-corrected chi connectivity index (χ4v) is 2.15. The molecule has 2 aromatic carbocycles. The Labute approximate surface area is 110 Å². The maximum Gasteiger partial charge on any atom is 0.120 e. The Morgan fingerprint density at radius 1 is 0.941 bits per heavy atom. The SMILES string of the molecule is COc1ccc(-c2ccc(N)cc2Cl)c(Cl)c1. The standard InChI is InChI=1S/C13H11Cl2NO/c1-17-9-3-5-11(13(15)7-9)10-4-2-8(16)6-12(10)14/h2-7H,16H2,1H3. The number of nitrogen functional groups attached to an aromatic ring is 1. The van der Waals surface area contributed by atoms with E-state index >= 15 is 0 Å². The largest absolute Gasteiger partial charge is 0.497 e. The Bertz CT molecular complexity index is 555. The highest BCUT2D eigenvalue weighted by molar-refractivity contribution is 6.36. The van der Waals surface area contributed by atoms with Gasteiger partial charge in [0.05, 0.1) is 17.2 Å². The minimum absolute atomic E-state index is 0.581. The van der Waals surface area contributed by atoms with Crippen molar-refractivity contribution < 1.29 is 4.74 Å². The average Bonchev–Trinajstić information content (AvgIpc) is 2.30. The summed E-state index contributed by atoms with van der Waals surface area (Å²) in [7, 11) is 1.60. The van der Waals surface area contributed by atoms with Crippen molar-refractivity contribution in [2.24, 2.45) is 0 Å². The molecular formula is C13H11Cl2NO. The van der Waals surface area contributed by atoms with E-state index in [1.54, 1.807) is 25.3 Å². The molecule has 0 aliphatic heterocycles. The second-order valence-electron chi connectivity index (χ2n) is 3.59. The van der Waals surface area contributed by atoms with Crippen LogP contribution in [0.3, 0.4) is 0 Å². The van der Waals surface area contributed by atoms with Gasteiger partial charge in [-0.15, -0.1) is 0 Å². The zero-order valence-electron chi connectivity index (χ0n) is 9.21. The summed E-state index contributed by atoms with van der Waals surface area (Å²) in [6.45, 7) is 0. The Morgan fingerprint density at radius 2 is 1.53 bits per heavy atom. The molecule has 0 heterocycles. The average molecular weight is 268 g/mol. The molecule has 2 rings (SSSR count). The number of anilines is 1. The van der Waals surface area contributed by atoms with Gasteiger partial charge in [0.25, 0.3) is 0 Å². The highest BCUT2D eigenvalue weighted by Gasteiger charge is 2.08. The summed E-state index contributed by atoms with van der Waals surface area (Å²) >= 11 is 12.3. The molecule has 17 heavy (non-hydrogen) atoms. The van der Waals surface area contributed by atoms with Crippen LogP contribution in [-0.2, 0) is 0 Å². The molecule has 0 bridgehead atoms. The number of hydrogen-bond acceptors (Lipinski definition) is 2. The Balaban J connectivity index is 2.53. The first-order chi connectivity index (χ1) is 8.11. The first-order valence-electron chi connectivity index (χ1n) is 5.01. The summed E-state index contributed by atoms with van der Waals surface area (Å²) < 4.78 is 5.10. The van der Waals surface area contributed by atoms with Crippen LogP contribution in [0.1, 0.15) is 0 Å². The maximum absolute atomic E-state index is 6.18. The van der Waals surface area contributed by atoms with Crippen molar-refractivity contribution in [3.8, 4) is 16.9 Å². The van der Waals surface area contributed by atoms with E-state index in [9.17, 15) is 0 Å². The van der Waals surface area contributed by atoms with Crippen LogP contribution in [0.2, 0.25) is 10.0 Å². The van der Waals surface area contributed by atoms with Crippen LogP contribution in [0.25, 0.3) is 11.1 Å². The van der Waals surface area contributed by atoms with Crippen LogP contribution in [0.4, 0.5) is 5.69 Å². The third-order valence-electron chi connectivity index (χ3n) is 2.46. The summed E-state index contributed by atoms with van der Waals surface area (Å²) in [5.74, 6) is 0.713. The van der Waals surface area contributed by atoms with E-state index in [0.29, 0.717) is 21.5 Å². The van der Waals surface area contributed by atoms with Crippen LogP contribution in [0.15, 0.2) is 36.4 Å². The van der Waals surface area contributed by atoms with Gasteiger partial charge in [0.15, 0.2) is 0 Å². The van der Waals surface area contributed by atoms with Crippen LogP contribution in [-0.4, -0.2) is 7.11 Å². The van der Waals surface area contributed by atoms with E-state index in [2.05, 4.69) is 0 Å². The monoisotopic (exact) mass is 267 g/mol. The fraction of sp³-hybridized carbons (Fsp3) is 0.0769. The van der Waals surface area contributed by atoms with E-state index in [4.69, 9.17) is 33.7 Å². The van der Waals surface area contributed by atoms with Gasteiger partial charge in [0.1, 0.15) is 5.75 Å². The van der Waals surface area contributed by atoms with Crippen molar-refractivity contribution in [2.45, 2.75) is 0 Å². The molecule has 2 N–H and O–H groups in total. The minimum Gasteiger partial charge on any atom is -0.497 e. The zero-order valence-corrected chi connectivity index (χ0v) is 10.7. The van der Waals surface area contributed by atoms with Crippen LogP contribution >= 0.6 is 23.2 Å². The molecule has 88 valence electrons. The molecule has 2 nitrogen and oxygen atoms in total. The van der Waals surface area contributed by atoms with E-state index in [-0.39, 0.29) is 0 Å². The molecule has 2 aromatic rings. The molecule has 0 aromatic heterocycles. The first kappa shape index (κ1) is 12.1. The van der Waals surface area contributed by atoms with Gasteiger partial charge in [-0.3, -0.25) is 0 Å². The predicted molar refractivity (Wildman–Crippen MR) is 72.9 cm³/mol. The molecule has 0 unspecified atom stereocenters. The number of nitrogens with two attached hydrogens (primary N) is 1. The minimum atomic E-state index is 0.581. The summed E-state index contributed by atoms with van der Waals surface area (Å²) in [4.78, 5) is 0. The van der Waals surface area contributed by atoms with Crippen molar-refractivity contribution in [3.05, 3.63) is 46.4 Å². The van der Waals surface area contributed by atoms with E-state index < -0.39 is 0 Å². The van der Waals surface area contributed by atoms with E-state index in [1.165, 1.54) is 0 Å². The lowest BCUT2D eigenvalue weighted by Crippen LogP contribution is -1.88. The second kappa shape index (κ2) is 4.86. The van der Waals surface area contributed by atoms with Crippen LogP contribution < -0.4 is 10.5 Å². The molecular weight excluding hydrogens is 257 g/mol. The number of rotatable bonds is 2. The highest BCUT2D eigenvalue weighted by Crippen LogP contribution is 2.36. The molecule has 4 heteroatoms. The topological polar surface area (TPSA) is 35.2 Å². The van der Waals surface area contributed by atoms with Gasteiger partial charge in [0, 0.05) is 16.8 Å². The lowest BCUT2D eigenvalue weighted by molar-refractivity contribution is 0.415. The normalized spacial score (nSPS) is 10.3. The van der Waals surface area contributed by atoms with E-state index in [0.717, 1.165) is 11.1 Å². The molecule has 0 amide bonds. The number of hydrogen-bond donors (Lipinski definition) is 1. The zero-order chi connectivity index (χ0) is 12.4. The van der Waals surface area contributed by atoms with Crippen molar-refractivity contribution in [1.82, 2.24) is 0 Å². The fourth-order valence-electron chi connectivity index (χ4n) is 1.59. The van der Waals surface area contributed by atoms with Gasteiger partial charge in [-0.25, -0.2) is 0 Å². The molecule has 0 aliphatic rings. The number of methoxy groups -OCH3 is 1.